The second kappa shape index (κ2) is 7.10. The van der Waals surface area contributed by atoms with Crippen LogP contribution in [0.15, 0.2) is 24.3 Å². The molecule has 106 valence electrons. The fraction of sp³-hybridized carbons (Fsp3) is 0.500. The average Bonchev–Trinajstić information content (AvgIpc) is 2.39. The topological polar surface area (TPSA) is 75.4 Å². The Morgan fingerprint density at radius 2 is 2.16 bits per heavy atom. The summed E-state index contributed by atoms with van der Waals surface area (Å²) in [4.78, 5) is 10.2. The van der Waals surface area contributed by atoms with E-state index in [4.69, 9.17) is 5.11 Å². The third-order valence-electron chi connectivity index (χ3n) is 2.76. The van der Waals surface area contributed by atoms with Crippen LogP contribution >= 0.6 is 0 Å². The van der Waals surface area contributed by atoms with Gasteiger partial charge in [0.15, 0.2) is 0 Å². The van der Waals surface area contributed by atoms with E-state index in [1.165, 1.54) is 12.1 Å². The minimum atomic E-state index is -2.81. The minimum absolute atomic E-state index is 0.0489. The van der Waals surface area contributed by atoms with Crippen molar-refractivity contribution in [3.05, 3.63) is 39.9 Å². The van der Waals surface area contributed by atoms with E-state index in [1.54, 1.807) is 12.1 Å². The van der Waals surface area contributed by atoms with Crippen molar-refractivity contribution in [2.45, 2.75) is 31.9 Å². The predicted molar refractivity (Wildman–Crippen MR) is 66.1 cm³/mol. The maximum Gasteiger partial charge on any atom is 0.269 e. The number of aliphatic hydroxyl groups is 1. The Balaban J connectivity index is 2.74. The van der Waals surface area contributed by atoms with E-state index in [-0.39, 0.29) is 18.3 Å². The maximum atomic E-state index is 12.2. The molecule has 0 aliphatic carbocycles. The second-order valence-electron chi connectivity index (χ2n) is 4.12. The molecule has 1 aromatic rings. The second-order valence-corrected chi connectivity index (χ2v) is 4.12. The number of halogens is 2. The Hall–Kier alpha value is -1.60. The summed E-state index contributed by atoms with van der Waals surface area (Å²) in [6, 6.07) is 5.68. The first-order valence-electron chi connectivity index (χ1n) is 5.89. The zero-order valence-corrected chi connectivity index (χ0v) is 10.4. The van der Waals surface area contributed by atoms with Gasteiger partial charge in [0.25, 0.3) is 12.1 Å². The van der Waals surface area contributed by atoms with Crippen LogP contribution < -0.4 is 5.32 Å². The van der Waals surface area contributed by atoms with Gasteiger partial charge in [-0.05, 0) is 12.0 Å². The van der Waals surface area contributed by atoms with Crippen LogP contribution in [-0.2, 0) is 0 Å². The van der Waals surface area contributed by atoms with Crippen molar-refractivity contribution in [1.29, 1.82) is 0 Å². The van der Waals surface area contributed by atoms with Crippen molar-refractivity contribution in [3.63, 3.8) is 0 Å². The van der Waals surface area contributed by atoms with Crippen molar-refractivity contribution in [2.24, 2.45) is 0 Å². The summed E-state index contributed by atoms with van der Waals surface area (Å²) in [6.07, 6.45) is -3.99. The Morgan fingerprint density at radius 3 is 2.68 bits per heavy atom. The third-order valence-corrected chi connectivity index (χ3v) is 2.76. The highest BCUT2D eigenvalue weighted by molar-refractivity contribution is 5.35. The molecule has 0 fully saturated rings. The van der Waals surface area contributed by atoms with E-state index in [9.17, 15) is 18.9 Å². The molecule has 0 saturated carbocycles. The zero-order chi connectivity index (χ0) is 14.4. The zero-order valence-electron chi connectivity index (χ0n) is 10.4. The molecule has 1 rings (SSSR count). The van der Waals surface area contributed by atoms with E-state index in [1.807, 2.05) is 6.92 Å². The lowest BCUT2D eigenvalue weighted by atomic mass is 10.0. The number of rotatable bonds is 7. The molecular weight excluding hydrogens is 258 g/mol. The van der Waals surface area contributed by atoms with Crippen LogP contribution in [0, 0.1) is 10.1 Å². The summed E-state index contributed by atoms with van der Waals surface area (Å²) in [5.41, 5.74) is 0.588. The van der Waals surface area contributed by atoms with Crippen LogP contribution in [0.2, 0.25) is 0 Å². The Bertz CT molecular complexity index is 429. The predicted octanol–water partition coefficient (Wildman–Crippen LogP) is 2.26. The summed E-state index contributed by atoms with van der Waals surface area (Å²) < 4.78 is 24.4. The Morgan fingerprint density at radius 1 is 1.47 bits per heavy atom. The lowest BCUT2D eigenvalue weighted by Crippen LogP contribution is -2.34. The highest BCUT2D eigenvalue weighted by Gasteiger charge is 2.19. The number of nitro groups is 1. The number of nitrogens with one attached hydrogen (secondary N) is 1. The smallest absolute Gasteiger partial charge is 0.269 e. The van der Waals surface area contributed by atoms with Crippen molar-refractivity contribution in [2.75, 3.05) is 6.54 Å². The van der Waals surface area contributed by atoms with E-state index in [0.29, 0.717) is 12.0 Å². The molecule has 0 bridgehead atoms. The first-order chi connectivity index (χ1) is 8.95. The molecule has 0 radical (unpaired) electrons. The van der Waals surface area contributed by atoms with Gasteiger partial charge in [0, 0.05) is 24.7 Å². The lowest BCUT2D eigenvalue weighted by molar-refractivity contribution is -0.384. The van der Waals surface area contributed by atoms with Crippen LogP contribution in [0.3, 0.4) is 0 Å². The molecule has 2 atom stereocenters. The van der Waals surface area contributed by atoms with E-state index in [0.717, 1.165) is 0 Å². The first-order valence-corrected chi connectivity index (χ1v) is 5.89. The van der Waals surface area contributed by atoms with Gasteiger partial charge in [-0.3, -0.25) is 10.1 Å². The van der Waals surface area contributed by atoms with Crippen molar-refractivity contribution in [1.82, 2.24) is 5.32 Å². The summed E-state index contributed by atoms with van der Waals surface area (Å²) in [7, 11) is 0. The van der Waals surface area contributed by atoms with Gasteiger partial charge in [-0.1, -0.05) is 19.1 Å². The number of nitrogens with zero attached hydrogens (tertiary/aromatic N) is 1. The molecule has 0 heterocycles. The first kappa shape index (κ1) is 15.5. The van der Waals surface area contributed by atoms with Crippen LogP contribution in [0.5, 0.6) is 0 Å². The number of hydrogen-bond acceptors (Lipinski definition) is 4. The molecule has 2 N–H and O–H groups in total. The molecule has 5 nitrogen and oxygen atoms in total. The molecule has 0 aliphatic heterocycles. The van der Waals surface area contributed by atoms with Gasteiger partial charge in [-0.25, -0.2) is 8.78 Å². The number of nitro benzene ring substituents is 1. The molecule has 0 aromatic heterocycles. The lowest BCUT2D eigenvalue weighted by Gasteiger charge is -2.19. The van der Waals surface area contributed by atoms with Gasteiger partial charge in [0.05, 0.1) is 4.92 Å². The molecule has 1 aromatic carbocycles. The molecule has 19 heavy (non-hydrogen) atoms. The van der Waals surface area contributed by atoms with Crippen LogP contribution in [0.1, 0.15) is 24.9 Å². The van der Waals surface area contributed by atoms with Crippen LogP contribution in [0.25, 0.3) is 0 Å². The molecular formula is C12H16F2N2O3. The quantitative estimate of drug-likeness (QED) is 0.590. The fourth-order valence-corrected chi connectivity index (χ4v) is 1.71. The maximum absolute atomic E-state index is 12.2. The summed E-state index contributed by atoms with van der Waals surface area (Å²) in [5, 5.41) is 22.5. The monoisotopic (exact) mass is 274 g/mol. The molecule has 0 spiro atoms. The van der Waals surface area contributed by atoms with E-state index in [2.05, 4.69) is 5.32 Å². The summed E-state index contributed by atoms with van der Waals surface area (Å²) in [5.74, 6) is 0. The van der Waals surface area contributed by atoms with Gasteiger partial charge in [0.1, 0.15) is 6.10 Å². The summed E-state index contributed by atoms with van der Waals surface area (Å²) >= 11 is 0. The van der Waals surface area contributed by atoms with Crippen molar-refractivity contribution >= 4 is 5.69 Å². The van der Waals surface area contributed by atoms with Gasteiger partial charge < -0.3 is 10.4 Å². The standard InChI is InChI=1S/C12H16F2N2O3/c1-2-10(15-7-11(17)12(13)14)8-4-3-5-9(6-8)16(18)19/h3-6,10-12,15,17H,2,7H2,1H3. The number of non-ortho nitro benzene ring substituents is 1. The third kappa shape index (κ3) is 4.53. The van der Waals surface area contributed by atoms with Gasteiger partial charge >= 0.3 is 0 Å². The van der Waals surface area contributed by atoms with Crippen molar-refractivity contribution < 1.29 is 18.8 Å². The van der Waals surface area contributed by atoms with Crippen LogP contribution in [-0.4, -0.2) is 29.1 Å². The number of aliphatic hydroxyl groups excluding tert-OH is 1. The molecule has 0 aliphatic rings. The van der Waals surface area contributed by atoms with Crippen molar-refractivity contribution in [3.8, 4) is 0 Å². The number of alkyl halides is 2. The molecule has 7 heteroatoms. The highest BCUT2D eigenvalue weighted by Crippen LogP contribution is 2.21. The SMILES string of the molecule is CCC(NCC(O)C(F)F)c1cccc([N+](=O)[O-])c1. The molecule has 0 saturated heterocycles. The average molecular weight is 274 g/mol. The van der Waals surface area contributed by atoms with Gasteiger partial charge in [-0.2, -0.15) is 0 Å². The largest absolute Gasteiger partial charge is 0.386 e. The Labute approximate surface area is 109 Å². The van der Waals surface area contributed by atoms with E-state index >= 15 is 0 Å². The molecule has 2 unspecified atom stereocenters. The number of hydrogen-bond donors (Lipinski definition) is 2. The normalized spacial score (nSPS) is 14.4. The highest BCUT2D eigenvalue weighted by atomic mass is 19.3. The summed E-state index contributed by atoms with van der Waals surface area (Å²) in [6.45, 7) is 1.56. The minimum Gasteiger partial charge on any atom is -0.386 e. The van der Waals surface area contributed by atoms with Gasteiger partial charge in [0.2, 0.25) is 0 Å². The number of benzene rings is 1. The fourth-order valence-electron chi connectivity index (χ4n) is 1.71. The van der Waals surface area contributed by atoms with Gasteiger partial charge in [-0.15, -0.1) is 0 Å². The van der Waals surface area contributed by atoms with Crippen LogP contribution in [0.4, 0.5) is 14.5 Å². The Kier molecular flexibility index (Phi) is 5.78. The van der Waals surface area contributed by atoms with E-state index < -0.39 is 17.5 Å². The molecule has 0 amide bonds.